The Bertz CT molecular complexity index is 694. The van der Waals surface area contributed by atoms with E-state index in [0.29, 0.717) is 24.1 Å². The van der Waals surface area contributed by atoms with Gasteiger partial charge in [-0.3, -0.25) is 10.1 Å². The molecule has 0 bridgehead atoms. The summed E-state index contributed by atoms with van der Waals surface area (Å²) >= 11 is 0. The molecule has 0 amide bonds. The minimum atomic E-state index is -3.94. The van der Waals surface area contributed by atoms with Crippen molar-refractivity contribution in [1.82, 2.24) is 4.31 Å². The number of benzene rings is 1. The van der Waals surface area contributed by atoms with E-state index >= 15 is 0 Å². The summed E-state index contributed by atoms with van der Waals surface area (Å²) in [6, 6.07) is 2.89. The molecule has 7 nitrogen and oxygen atoms in total. The number of hydrogen-bond donors (Lipinski definition) is 1. The van der Waals surface area contributed by atoms with Crippen LogP contribution in [0.2, 0.25) is 0 Å². The number of nitro groups is 1. The molecule has 0 aliphatic carbocycles. The number of hydrogen-bond acceptors (Lipinski definition) is 5. The minimum absolute atomic E-state index is 0. The molecule has 1 saturated heterocycles. The van der Waals surface area contributed by atoms with Crippen LogP contribution in [0, 0.1) is 24.0 Å². The fourth-order valence-corrected chi connectivity index (χ4v) is 5.11. The van der Waals surface area contributed by atoms with Gasteiger partial charge in [0.1, 0.15) is 0 Å². The van der Waals surface area contributed by atoms with Crippen LogP contribution in [0.25, 0.3) is 0 Å². The van der Waals surface area contributed by atoms with Crippen LogP contribution in [0.3, 0.4) is 0 Å². The Morgan fingerprint density at radius 3 is 2.48 bits per heavy atom. The highest BCUT2D eigenvalue weighted by atomic mass is 35.5. The van der Waals surface area contributed by atoms with Gasteiger partial charge in [0.05, 0.1) is 4.92 Å². The lowest BCUT2D eigenvalue weighted by Gasteiger charge is -2.34. The van der Waals surface area contributed by atoms with E-state index in [2.05, 4.69) is 0 Å². The van der Waals surface area contributed by atoms with Crippen molar-refractivity contribution in [2.75, 3.05) is 13.1 Å². The average molecular weight is 364 g/mol. The summed E-state index contributed by atoms with van der Waals surface area (Å²) in [7, 11) is -3.94. The second-order valence-corrected chi connectivity index (χ2v) is 7.46. The van der Waals surface area contributed by atoms with Gasteiger partial charge in [-0.05, 0) is 32.3 Å². The number of aryl methyl sites for hydroxylation is 2. The van der Waals surface area contributed by atoms with Crippen LogP contribution in [-0.4, -0.2) is 36.8 Å². The van der Waals surface area contributed by atoms with E-state index in [1.54, 1.807) is 26.0 Å². The molecular weight excluding hydrogens is 342 g/mol. The third kappa shape index (κ3) is 3.65. The molecule has 0 aromatic heterocycles. The van der Waals surface area contributed by atoms with E-state index < -0.39 is 14.9 Å². The number of sulfonamides is 1. The van der Waals surface area contributed by atoms with Crippen LogP contribution < -0.4 is 5.73 Å². The summed E-state index contributed by atoms with van der Waals surface area (Å²) in [5.74, 6) is 0. The summed E-state index contributed by atoms with van der Waals surface area (Å²) in [5, 5.41) is 11.4. The lowest BCUT2D eigenvalue weighted by atomic mass is 10.1. The zero-order valence-corrected chi connectivity index (χ0v) is 14.8. The van der Waals surface area contributed by atoms with Gasteiger partial charge >= 0.3 is 0 Å². The largest absolute Gasteiger partial charge is 0.329 e. The number of nitrogens with zero attached hydrogens (tertiary/aromatic N) is 2. The van der Waals surface area contributed by atoms with E-state index in [4.69, 9.17) is 5.73 Å². The maximum Gasteiger partial charge on any atom is 0.292 e. The highest BCUT2D eigenvalue weighted by Gasteiger charge is 2.38. The Kier molecular flexibility index (Phi) is 6.52. The molecule has 1 aromatic carbocycles. The molecule has 2 rings (SSSR count). The first-order chi connectivity index (χ1) is 10.3. The Morgan fingerprint density at radius 1 is 1.30 bits per heavy atom. The molecule has 0 saturated carbocycles. The Hall–Kier alpha value is -1.22. The SMILES string of the molecule is Cc1ccc(C)c(S(=O)(=O)N2CCCCC2CN)c1[N+](=O)[O-].Cl. The third-order valence-corrected chi connectivity index (χ3v) is 6.25. The van der Waals surface area contributed by atoms with E-state index in [1.165, 1.54) is 4.31 Å². The van der Waals surface area contributed by atoms with E-state index in [0.717, 1.165) is 12.8 Å². The van der Waals surface area contributed by atoms with Gasteiger partial charge in [0.15, 0.2) is 4.90 Å². The summed E-state index contributed by atoms with van der Waals surface area (Å²) in [4.78, 5) is 10.6. The van der Waals surface area contributed by atoms with Gasteiger partial charge in [-0.25, -0.2) is 8.42 Å². The van der Waals surface area contributed by atoms with Gasteiger partial charge in [-0.2, -0.15) is 4.31 Å². The lowest BCUT2D eigenvalue weighted by molar-refractivity contribution is -0.388. The summed E-state index contributed by atoms with van der Waals surface area (Å²) in [5.41, 5.74) is 6.09. The topological polar surface area (TPSA) is 107 Å². The third-order valence-electron chi connectivity index (χ3n) is 4.12. The van der Waals surface area contributed by atoms with Gasteiger partial charge < -0.3 is 5.73 Å². The molecule has 2 N–H and O–H groups in total. The molecule has 1 atom stereocenters. The van der Waals surface area contributed by atoms with Crippen LogP contribution in [0.4, 0.5) is 5.69 Å². The number of nitro benzene ring substituents is 1. The second-order valence-electron chi connectivity index (χ2n) is 5.64. The highest BCUT2D eigenvalue weighted by Crippen LogP contribution is 2.35. The van der Waals surface area contributed by atoms with Crippen molar-refractivity contribution in [2.24, 2.45) is 5.73 Å². The molecule has 1 aromatic rings. The van der Waals surface area contributed by atoms with Gasteiger partial charge in [-0.1, -0.05) is 18.6 Å². The Balaban J connectivity index is 0.00000264. The lowest BCUT2D eigenvalue weighted by Crippen LogP contribution is -2.47. The fourth-order valence-electron chi connectivity index (χ4n) is 2.97. The zero-order valence-electron chi connectivity index (χ0n) is 13.2. The maximum absolute atomic E-state index is 13.0. The van der Waals surface area contributed by atoms with Crippen LogP contribution in [0.1, 0.15) is 30.4 Å². The molecule has 1 aliphatic rings. The van der Waals surface area contributed by atoms with Gasteiger partial charge in [0.2, 0.25) is 10.0 Å². The van der Waals surface area contributed by atoms with E-state index in [9.17, 15) is 18.5 Å². The predicted molar refractivity (Wildman–Crippen MR) is 90.4 cm³/mol. The molecule has 0 radical (unpaired) electrons. The van der Waals surface area contributed by atoms with Crippen molar-refractivity contribution in [1.29, 1.82) is 0 Å². The first-order valence-corrected chi connectivity index (χ1v) is 8.71. The Labute approximate surface area is 142 Å². The summed E-state index contributed by atoms with van der Waals surface area (Å²) in [6.45, 7) is 3.71. The normalized spacial score (nSPS) is 19.2. The van der Waals surface area contributed by atoms with Crippen molar-refractivity contribution in [3.63, 3.8) is 0 Å². The van der Waals surface area contributed by atoms with Gasteiger partial charge in [0.25, 0.3) is 5.69 Å². The number of piperidine rings is 1. The van der Waals surface area contributed by atoms with Crippen molar-refractivity contribution in [3.8, 4) is 0 Å². The quantitative estimate of drug-likeness (QED) is 0.651. The molecule has 1 unspecified atom stereocenters. The van der Waals surface area contributed by atoms with Gasteiger partial charge in [-0.15, -0.1) is 12.4 Å². The van der Waals surface area contributed by atoms with Crippen molar-refractivity contribution in [3.05, 3.63) is 33.4 Å². The molecule has 23 heavy (non-hydrogen) atoms. The molecule has 9 heteroatoms. The molecule has 1 aliphatic heterocycles. The first-order valence-electron chi connectivity index (χ1n) is 7.27. The molecule has 1 fully saturated rings. The predicted octanol–water partition coefficient (Wildman–Crippen LogP) is 2.14. The zero-order chi connectivity index (χ0) is 16.5. The minimum Gasteiger partial charge on any atom is -0.329 e. The first kappa shape index (κ1) is 19.8. The van der Waals surface area contributed by atoms with Crippen LogP contribution in [0.15, 0.2) is 17.0 Å². The van der Waals surface area contributed by atoms with Crippen molar-refractivity contribution < 1.29 is 13.3 Å². The van der Waals surface area contributed by atoms with Crippen molar-refractivity contribution >= 4 is 28.1 Å². The monoisotopic (exact) mass is 363 g/mol. The standard InChI is InChI=1S/C14H21N3O4S.ClH/c1-10-6-7-11(2)14(13(10)17(18)19)22(20,21)16-8-4-3-5-12(16)9-15;/h6-7,12H,3-5,8-9,15H2,1-2H3;1H. The van der Waals surface area contributed by atoms with Crippen LogP contribution in [-0.2, 0) is 10.0 Å². The fraction of sp³-hybridized carbons (Fsp3) is 0.571. The van der Waals surface area contributed by atoms with Crippen molar-refractivity contribution in [2.45, 2.75) is 44.0 Å². The second kappa shape index (κ2) is 7.57. The average Bonchev–Trinajstić information content (AvgIpc) is 2.48. The van der Waals surface area contributed by atoms with Crippen LogP contribution >= 0.6 is 12.4 Å². The van der Waals surface area contributed by atoms with E-state index in [1.807, 2.05) is 0 Å². The highest BCUT2D eigenvalue weighted by molar-refractivity contribution is 7.89. The number of nitrogens with two attached hydrogens (primary N) is 1. The molecule has 130 valence electrons. The Morgan fingerprint density at radius 2 is 1.91 bits per heavy atom. The number of halogens is 1. The summed E-state index contributed by atoms with van der Waals surface area (Å²) < 4.78 is 27.4. The summed E-state index contributed by atoms with van der Waals surface area (Å²) in [6.07, 6.45) is 2.35. The number of rotatable bonds is 4. The van der Waals surface area contributed by atoms with E-state index in [-0.39, 0.29) is 35.6 Å². The smallest absolute Gasteiger partial charge is 0.292 e. The maximum atomic E-state index is 13.0. The molecular formula is C14H22ClN3O4S. The molecule has 1 heterocycles. The van der Waals surface area contributed by atoms with Crippen LogP contribution in [0.5, 0.6) is 0 Å². The van der Waals surface area contributed by atoms with Gasteiger partial charge in [0, 0.05) is 24.7 Å². The molecule has 0 spiro atoms.